The van der Waals surface area contributed by atoms with Crippen LogP contribution in [0.1, 0.15) is 53.6 Å². The van der Waals surface area contributed by atoms with Crippen molar-refractivity contribution in [2.24, 2.45) is 11.8 Å². The first kappa shape index (κ1) is 20.9. The van der Waals surface area contributed by atoms with Crippen LogP contribution in [-0.2, 0) is 10.0 Å². The first-order valence-electron chi connectivity index (χ1n) is 10.8. The third-order valence-corrected chi connectivity index (χ3v) is 8.22. The zero-order valence-corrected chi connectivity index (χ0v) is 18.5. The minimum absolute atomic E-state index is 0.00505. The fourth-order valence-electron chi connectivity index (χ4n) is 4.81. The molecule has 1 aliphatic carbocycles. The number of fused-ring (bicyclic) bond motifs is 1. The van der Waals surface area contributed by atoms with E-state index in [0.717, 1.165) is 36.6 Å². The smallest absolute Gasteiger partial charge is 0.261 e. The summed E-state index contributed by atoms with van der Waals surface area (Å²) in [5.41, 5.74) is 3.05. The van der Waals surface area contributed by atoms with Crippen molar-refractivity contribution in [1.82, 2.24) is 4.90 Å². The number of sulfonamides is 1. The van der Waals surface area contributed by atoms with E-state index >= 15 is 0 Å². The third-order valence-electron chi connectivity index (χ3n) is 6.84. The van der Waals surface area contributed by atoms with Crippen LogP contribution in [0.3, 0.4) is 0 Å². The van der Waals surface area contributed by atoms with Crippen LogP contribution in [0, 0.1) is 25.7 Å². The Balaban J connectivity index is 1.47. The van der Waals surface area contributed by atoms with Crippen molar-refractivity contribution in [2.75, 3.05) is 17.8 Å². The summed E-state index contributed by atoms with van der Waals surface area (Å²) >= 11 is 0. The fourth-order valence-corrected chi connectivity index (χ4v) is 5.93. The SMILES string of the molecule is Cc1cccc(NS(=O)(=O)c2ccc(C(=O)N3CC[C@@H]4CCCC[C@@H]4C3)cc2)c1C. The molecule has 1 saturated heterocycles. The van der Waals surface area contributed by atoms with Crippen LogP contribution in [0.2, 0.25) is 0 Å². The van der Waals surface area contributed by atoms with E-state index in [9.17, 15) is 13.2 Å². The number of piperidine rings is 1. The van der Waals surface area contributed by atoms with Gasteiger partial charge >= 0.3 is 0 Å². The molecule has 2 atom stereocenters. The van der Waals surface area contributed by atoms with Crippen molar-refractivity contribution in [3.05, 3.63) is 59.2 Å². The first-order valence-corrected chi connectivity index (χ1v) is 12.3. The standard InChI is InChI=1S/C24H30N2O3S/c1-17-6-5-9-23(18(17)2)25-30(28,29)22-12-10-20(11-13-22)24(27)26-15-14-19-7-3-4-8-21(19)16-26/h5-6,9-13,19,21,25H,3-4,7-8,14-16H2,1-2H3/t19-,21+/m0/s1. The Bertz CT molecular complexity index is 1030. The number of likely N-dealkylation sites (tertiary alicyclic amines) is 1. The maximum atomic E-state index is 13.0. The summed E-state index contributed by atoms with van der Waals surface area (Å²) in [6.07, 6.45) is 6.19. The maximum absolute atomic E-state index is 13.0. The second kappa shape index (κ2) is 8.42. The predicted octanol–water partition coefficient (Wildman–Crippen LogP) is 4.76. The summed E-state index contributed by atoms with van der Waals surface area (Å²) in [5, 5.41) is 0. The van der Waals surface area contributed by atoms with Crippen LogP contribution in [0.15, 0.2) is 47.4 Å². The van der Waals surface area contributed by atoms with E-state index in [0.29, 0.717) is 17.2 Å². The molecular weight excluding hydrogens is 396 g/mol. The molecule has 2 fully saturated rings. The van der Waals surface area contributed by atoms with Crippen molar-refractivity contribution in [3.8, 4) is 0 Å². The van der Waals surface area contributed by atoms with Crippen LogP contribution < -0.4 is 4.72 Å². The molecule has 1 N–H and O–H groups in total. The van der Waals surface area contributed by atoms with Gasteiger partial charge in [-0.3, -0.25) is 9.52 Å². The van der Waals surface area contributed by atoms with Crippen molar-refractivity contribution in [2.45, 2.75) is 50.8 Å². The van der Waals surface area contributed by atoms with Gasteiger partial charge < -0.3 is 4.90 Å². The predicted molar refractivity (Wildman–Crippen MR) is 119 cm³/mol. The highest BCUT2D eigenvalue weighted by atomic mass is 32.2. The molecule has 0 spiro atoms. The van der Waals surface area contributed by atoms with Crippen LogP contribution in [0.5, 0.6) is 0 Å². The molecule has 4 rings (SSSR count). The molecule has 1 aliphatic heterocycles. The molecule has 0 unspecified atom stereocenters. The molecular formula is C24H30N2O3S. The van der Waals surface area contributed by atoms with Crippen LogP contribution in [0.25, 0.3) is 0 Å². The Morgan fingerprint density at radius 3 is 2.40 bits per heavy atom. The summed E-state index contributed by atoms with van der Waals surface area (Å²) < 4.78 is 28.3. The largest absolute Gasteiger partial charge is 0.338 e. The number of nitrogens with one attached hydrogen (secondary N) is 1. The highest BCUT2D eigenvalue weighted by molar-refractivity contribution is 7.92. The molecule has 1 saturated carbocycles. The van der Waals surface area contributed by atoms with Gasteiger partial charge in [-0.25, -0.2) is 8.42 Å². The lowest BCUT2D eigenvalue weighted by molar-refractivity contribution is 0.0521. The molecule has 2 aliphatic rings. The number of hydrogen-bond donors (Lipinski definition) is 1. The van der Waals surface area contributed by atoms with E-state index < -0.39 is 10.0 Å². The van der Waals surface area contributed by atoms with Crippen molar-refractivity contribution < 1.29 is 13.2 Å². The summed E-state index contributed by atoms with van der Waals surface area (Å²) in [5.74, 6) is 1.40. The topological polar surface area (TPSA) is 66.5 Å². The number of nitrogens with zero attached hydrogens (tertiary/aromatic N) is 1. The molecule has 1 amide bonds. The van der Waals surface area contributed by atoms with E-state index in [2.05, 4.69) is 4.72 Å². The normalized spacial score (nSPS) is 21.7. The van der Waals surface area contributed by atoms with E-state index in [1.807, 2.05) is 30.9 Å². The Labute approximate surface area is 179 Å². The number of benzene rings is 2. The second-order valence-corrected chi connectivity index (χ2v) is 10.4. The molecule has 2 aromatic rings. The van der Waals surface area contributed by atoms with Crippen LogP contribution in [0.4, 0.5) is 5.69 Å². The Morgan fingerprint density at radius 2 is 1.67 bits per heavy atom. The van der Waals surface area contributed by atoms with Gasteiger partial charge in [-0.2, -0.15) is 0 Å². The lowest BCUT2D eigenvalue weighted by Gasteiger charge is -2.41. The van der Waals surface area contributed by atoms with Gasteiger partial charge in [0.15, 0.2) is 0 Å². The van der Waals surface area contributed by atoms with Gasteiger partial charge in [0.1, 0.15) is 0 Å². The number of carbonyl (C=O) groups excluding carboxylic acids is 1. The molecule has 6 heteroatoms. The van der Waals surface area contributed by atoms with Crippen molar-refractivity contribution >= 4 is 21.6 Å². The average Bonchev–Trinajstić information content (AvgIpc) is 2.76. The Hall–Kier alpha value is -2.34. The van der Waals surface area contributed by atoms with E-state index in [-0.39, 0.29) is 10.8 Å². The van der Waals surface area contributed by atoms with Crippen molar-refractivity contribution in [1.29, 1.82) is 0 Å². The maximum Gasteiger partial charge on any atom is 0.261 e. The highest BCUT2D eigenvalue weighted by Crippen LogP contribution is 2.36. The Kier molecular flexibility index (Phi) is 5.87. The number of amides is 1. The van der Waals surface area contributed by atoms with Crippen LogP contribution in [-0.4, -0.2) is 32.3 Å². The third kappa shape index (κ3) is 4.24. The van der Waals surface area contributed by atoms with E-state index in [1.165, 1.54) is 37.8 Å². The highest BCUT2D eigenvalue weighted by Gasteiger charge is 2.33. The fraction of sp³-hybridized carbons (Fsp3) is 0.458. The number of anilines is 1. The van der Waals surface area contributed by atoms with Gasteiger partial charge in [-0.15, -0.1) is 0 Å². The summed E-state index contributed by atoms with van der Waals surface area (Å²) in [7, 11) is -3.71. The lowest BCUT2D eigenvalue weighted by Crippen LogP contribution is -2.44. The van der Waals surface area contributed by atoms with Gasteiger partial charge in [0.2, 0.25) is 0 Å². The monoisotopic (exact) mass is 426 g/mol. The number of aryl methyl sites for hydroxylation is 1. The van der Waals surface area contributed by atoms with Gasteiger partial charge in [-0.05, 0) is 80.0 Å². The Morgan fingerprint density at radius 1 is 0.967 bits per heavy atom. The van der Waals surface area contributed by atoms with Crippen LogP contribution >= 0.6 is 0 Å². The van der Waals surface area contributed by atoms with Crippen molar-refractivity contribution in [3.63, 3.8) is 0 Å². The molecule has 0 bridgehead atoms. The molecule has 5 nitrogen and oxygen atoms in total. The zero-order chi connectivity index (χ0) is 21.3. The van der Waals surface area contributed by atoms with E-state index in [4.69, 9.17) is 0 Å². The van der Waals surface area contributed by atoms with Gasteiger partial charge in [0, 0.05) is 18.7 Å². The zero-order valence-electron chi connectivity index (χ0n) is 17.7. The quantitative estimate of drug-likeness (QED) is 0.767. The summed E-state index contributed by atoms with van der Waals surface area (Å²) in [6, 6.07) is 11.8. The van der Waals surface area contributed by atoms with Gasteiger partial charge in [0.05, 0.1) is 10.6 Å². The number of rotatable bonds is 4. The van der Waals surface area contributed by atoms with Gasteiger partial charge in [-0.1, -0.05) is 31.4 Å². The summed E-state index contributed by atoms with van der Waals surface area (Å²) in [4.78, 5) is 15.1. The first-order chi connectivity index (χ1) is 14.3. The summed E-state index contributed by atoms with van der Waals surface area (Å²) in [6.45, 7) is 5.47. The average molecular weight is 427 g/mol. The second-order valence-electron chi connectivity index (χ2n) is 8.72. The molecule has 0 radical (unpaired) electrons. The lowest BCUT2D eigenvalue weighted by atomic mass is 9.75. The number of carbonyl (C=O) groups is 1. The van der Waals surface area contributed by atoms with Gasteiger partial charge in [0.25, 0.3) is 15.9 Å². The molecule has 160 valence electrons. The molecule has 2 aromatic carbocycles. The number of hydrogen-bond acceptors (Lipinski definition) is 3. The van der Waals surface area contributed by atoms with E-state index in [1.54, 1.807) is 18.2 Å². The molecule has 0 aromatic heterocycles. The molecule has 30 heavy (non-hydrogen) atoms. The minimum Gasteiger partial charge on any atom is -0.338 e. The minimum atomic E-state index is -3.71. The molecule has 1 heterocycles.